The van der Waals surface area contributed by atoms with Crippen LogP contribution in [0.25, 0.3) is 5.76 Å². The van der Waals surface area contributed by atoms with E-state index in [0.29, 0.717) is 12.1 Å². The molecule has 1 saturated heterocycles. The van der Waals surface area contributed by atoms with Crippen LogP contribution in [-0.4, -0.2) is 103 Å². The fourth-order valence-corrected chi connectivity index (χ4v) is 7.14. The standard InChI is InChI=1S/C28H34N4O9/c1-10-6-5-9-32(10)27(40)30-13-8-7-12-11(2)14-16(21(34)15(12)20(13)33)24(37)28(41)18(22(14)35)19(31(3)4)23(36)17(25(28)38)26(29)39/h7-8,10-11,14,18-19,22,33-35,38,41H,5-6,9H2,1-4H3,(H2,29,39)(H,30,40)/t10?,11?,14?,18?,19-,22?,28-/m0/s1. The highest BCUT2D eigenvalue weighted by Crippen LogP contribution is 2.56. The number of nitrogens with zero attached hydrogens (tertiary/aromatic N) is 2. The summed E-state index contributed by atoms with van der Waals surface area (Å²) in [6, 6.07) is 1.13. The van der Waals surface area contributed by atoms with Crippen molar-refractivity contribution in [3.8, 4) is 5.75 Å². The molecule has 1 saturated carbocycles. The minimum atomic E-state index is -2.99. The van der Waals surface area contributed by atoms with Crippen molar-refractivity contribution in [3.05, 3.63) is 40.2 Å². The quantitative estimate of drug-likeness (QED) is 0.197. The highest BCUT2D eigenvalue weighted by atomic mass is 16.4. The zero-order valence-electron chi connectivity index (χ0n) is 23.1. The number of benzene rings is 1. The van der Waals surface area contributed by atoms with Gasteiger partial charge in [0.1, 0.15) is 22.8 Å². The SMILES string of the molecule is CC1c2ccc(NC(=O)N3CCCC3C)c(O)c2C(O)=C2C(=O)[C@]3(O)C(O)=C(C(N)=O)C(=O)[C@@H](N(C)C)C3C(O)C21. The first-order valence-corrected chi connectivity index (χ1v) is 13.4. The van der Waals surface area contributed by atoms with Gasteiger partial charge in [-0.15, -0.1) is 0 Å². The number of amides is 3. The third kappa shape index (κ3) is 3.79. The van der Waals surface area contributed by atoms with Crippen molar-refractivity contribution in [2.45, 2.75) is 56.4 Å². The summed E-state index contributed by atoms with van der Waals surface area (Å²) in [5.74, 6) is -9.72. The van der Waals surface area contributed by atoms with Gasteiger partial charge in [-0.25, -0.2) is 4.79 Å². The summed E-state index contributed by atoms with van der Waals surface area (Å²) in [6.45, 7) is 4.09. The van der Waals surface area contributed by atoms with Gasteiger partial charge in [0.2, 0.25) is 5.78 Å². The number of hydrogen-bond acceptors (Lipinski definition) is 10. The molecular weight excluding hydrogens is 536 g/mol. The van der Waals surface area contributed by atoms with Crippen molar-refractivity contribution < 1.29 is 44.7 Å². The van der Waals surface area contributed by atoms with Crippen LogP contribution >= 0.6 is 0 Å². The van der Waals surface area contributed by atoms with Gasteiger partial charge in [-0.1, -0.05) is 13.0 Å². The number of fused-ring (bicyclic) bond motifs is 3. The predicted molar refractivity (Wildman–Crippen MR) is 145 cm³/mol. The summed E-state index contributed by atoms with van der Waals surface area (Å²) < 4.78 is 0. The van der Waals surface area contributed by atoms with Crippen molar-refractivity contribution in [1.82, 2.24) is 9.80 Å². The number of aromatic hydroxyl groups is 1. The molecule has 0 aromatic heterocycles. The predicted octanol–water partition coefficient (Wildman–Crippen LogP) is 0.512. The molecular formula is C28H34N4O9. The second-order valence-electron chi connectivity index (χ2n) is 11.6. The molecule has 13 heteroatoms. The minimum absolute atomic E-state index is 0.000464. The number of rotatable bonds is 3. The zero-order chi connectivity index (χ0) is 30.3. The van der Waals surface area contributed by atoms with Crippen molar-refractivity contribution >= 4 is 35.0 Å². The highest BCUT2D eigenvalue weighted by molar-refractivity contribution is 6.24. The van der Waals surface area contributed by atoms with E-state index in [2.05, 4.69) is 5.32 Å². The van der Waals surface area contributed by atoms with E-state index in [1.54, 1.807) is 17.9 Å². The Morgan fingerprint density at radius 1 is 1.15 bits per heavy atom. The number of carbonyl (C=O) groups excluding carboxylic acids is 4. The number of primary amides is 1. The lowest BCUT2D eigenvalue weighted by Crippen LogP contribution is -2.70. The van der Waals surface area contributed by atoms with Crippen LogP contribution in [-0.2, 0) is 14.4 Å². The third-order valence-corrected chi connectivity index (χ3v) is 9.18. The van der Waals surface area contributed by atoms with E-state index in [0.717, 1.165) is 12.8 Å². The first kappa shape index (κ1) is 28.6. The zero-order valence-corrected chi connectivity index (χ0v) is 23.1. The summed E-state index contributed by atoms with van der Waals surface area (Å²) >= 11 is 0. The Hall–Kier alpha value is -3.94. The van der Waals surface area contributed by atoms with E-state index in [1.807, 2.05) is 6.92 Å². The van der Waals surface area contributed by atoms with Gasteiger partial charge in [-0.2, -0.15) is 0 Å². The molecule has 0 bridgehead atoms. The number of carbonyl (C=O) groups is 4. The first-order chi connectivity index (χ1) is 19.2. The molecule has 220 valence electrons. The lowest BCUT2D eigenvalue weighted by atomic mass is 9.54. The van der Waals surface area contributed by atoms with Crippen LogP contribution in [0.5, 0.6) is 5.75 Å². The van der Waals surface area contributed by atoms with Gasteiger partial charge in [-0.05, 0) is 51.4 Å². The highest BCUT2D eigenvalue weighted by Gasteiger charge is 2.68. The maximum absolute atomic E-state index is 14.1. The lowest BCUT2D eigenvalue weighted by molar-refractivity contribution is -0.169. The normalized spacial score (nSPS) is 33.1. The maximum atomic E-state index is 14.1. The van der Waals surface area contributed by atoms with Gasteiger partial charge in [0.05, 0.1) is 29.3 Å². The summed E-state index contributed by atoms with van der Waals surface area (Å²) in [5, 5.41) is 59.7. The third-order valence-electron chi connectivity index (χ3n) is 9.18. The number of urea groups is 1. The average molecular weight is 571 g/mol. The fraction of sp³-hybridized carbons (Fsp3) is 0.500. The van der Waals surface area contributed by atoms with E-state index in [4.69, 9.17) is 5.73 Å². The molecule has 5 rings (SSSR count). The Bertz CT molecular complexity index is 1450. The van der Waals surface area contributed by atoms with Crippen LogP contribution in [0.3, 0.4) is 0 Å². The second-order valence-corrected chi connectivity index (χ2v) is 11.6. The largest absolute Gasteiger partial charge is 0.508 e. The van der Waals surface area contributed by atoms with Crippen LogP contribution in [0.4, 0.5) is 10.5 Å². The number of aliphatic hydroxyl groups excluding tert-OH is 3. The fourth-order valence-electron chi connectivity index (χ4n) is 7.14. The number of hydrogen-bond donors (Lipinski definition) is 7. The molecule has 1 aromatic rings. The van der Waals surface area contributed by atoms with Gasteiger partial charge < -0.3 is 41.5 Å². The van der Waals surface area contributed by atoms with E-state index in [-0.39, 0.29) is 17.3 Å². The molecule has 41 heavy (non-hydrogen) atoms. The number of nitrogens with two attached hydrogens (primary N) is 1. The number of phenols is 1. The van der Waals surface area contributed by atoms with Gasteiger partial charge in [0.15, 0.2) is 11.4 Å². The first-order valence-electron chi connectivity index (χ1n) is 13.4. The molecule has 8 N–H and O–H groups in total. The van der Waals surface area contributed by atoms with Crippen LogP contribution < -0.4 is 11.1 Å². The molecule has 13 nitrogen and oxygen atoms in total. The van der Waals surface area contributed by atoms with Gasteiger partial charge in [0, 0.05) is 24.1 Å². The molecule has 3 amide bonds. The minimum Gasteiger partial charge on any atom is -0.508 e. The van der Waals surface area contributed by atoms with E-state index in [9.17, 15) is 44.7 Å². The van der Waals surface area contributed by atoms with E-state index in [1.165, 1.54) is 25.1 Å². The molecule has 3 aliphatic carbocycles. The number of Topliss-reactive ketones (excluding diaryl/α,β-unsaturated/α-hetero) is 2. The van der Waals surface area contributed by atoms with Crippen LogP contribution in [0.15, 0.2) is 29.0 Å². The van der Waals surface area contributed by atoms with Crippen LogP contribution in [0.1, 0.15) is 43.7 Å². The van der Waals surface area contributed by atoms with Crippen molar-refractivity contribution in [2.75, 3.05) is 26.0 Å². The molecule has 1 heterocycles. The van der Waals surface area contributed by atoms with Crippen molar-refractivity contribution in [2.24, 2.45) is 17.6 Å². The lowest BCUT2D eigenvalue weighted by Gasteiger charge is -2.53. The van der Waals surface area contributed by atoms with Gasteiger partial charge in [-0.3, -0.25) is 19.3 Å². The molecule has 0 radical (unpaired) electrons. The maximum Gasteiger partial charge on any atom is 0.322 e. The van der Waals surface area contributed by atoms with Gasteiger partial charge in [0.25, 0.3) is 5.91 Å². The summed E-state index contributed by atoms with van der Waals surface area (Å²) in [4.78, 5) is 55.2. The monoisotopic (exact) mass is 570 g/mol. The number of aliphatic hydroxyl groups is 4. The molecule has 1 aromatic carbocycles. The van der Waals surface area contributed by atoms with Gasteiger partial charge >= 0.3 is 6.03 Å². The molecule has 1 aliphatic heterocycles. The molecule has 0 spiro atoms. The smallest absolute Gasteiger partial charge is 0.322 e. The Morgan fingerprint density at radius 2 is 1.80 bits per heavy atom. The van der Waals surface area contributed by atoms with Crippen LogP contribution in [0, 0.1) is 11.8 Å². The van der Waals surface area contributed by atoms with E-state index >= 15 is 0 Å². The summed E-state index contributed by atoms with van der Waals surface area (Å²) in [6.07, 6.45) is -0.00346. The topological polar surface area (TPSA) is 214 Å². The number of nitrogens with one attached hydrogen (secondary N) is 1. The Labute approximate surface area is 235 Å². The van der Waals surface area contributed by atoms with Crippen molar-refractivity contribution in [1.29, 1.82) is 0 Å². The summed E-state index contributed by atoms with van der Waals surface area (Å²) in [5.41, 5.74) is 1.00. The molecule has 5 unspecified atom stereocenters. The van der Waals surface area contributed by atoms with Crippen molar-refractivity contribution in [3.63, 3.8) is 0 Å². The molecule has 7 atom stereocenters. The van der Waals surface area contributed by atoms with Crippen LogP contribution in [0.2, 0.25) is 0 Å². The molecule has 4 aliphatic rings. The second kappa shape index (κ2) is 9.57. The Kier molecular flexibility index (Phi) is 6.67. The number of likely N-dealkylation sites (tertiary alicyclic amines) is 1. The average Bonchev–Trinajstić information content (AvgIpc) is 3.33. The number of anilines is 1. The number of ketones is 2. The van der Waals surface area contributed by atoms with E-state index < -0.39 is 87.4 Å². The summed E-state index contributed by atoms with van der Waals surface area (Å²) in [7, 11) is 2.89. The number of phenolic OH excluding ortho intramolecular Hbond substituents is 1. The number of likely N-dealkylation sites (N-methyl/N-ethyl adjacent to an activating group) is 1. The Morgan fingerprint density at radius 3 is 2.37 bits per heavy atom. The molecule has 2 fully saturated rings. The Balaban J connectivity index is 1.67.